The second-order valence-electron chi connectivity index (χ2n) is 6.49. The average molecular weight is 395 g/mol. The van der Waals surface area contributed by atoms with E-state index in [1.54, 1.807) is 13.1 Å². The summed E-state index contributed by atoms with van der Waals surface area (Å²) in [6, 6.07) is 14.2. The molecule has 0 amide bonds. The minimum atomic E-state index is -4.39. The highest BCUT2D eigenvalue weighted by molar-refractivity contribution is 5.88. The molecule has 8 heteroatoms. The van der Waals surface area contributed by atoms with Crippen LogP contribution in [0.15, 0.2) is 60.8 Å². The predicted octanol–water partition coefficient (Wildman–Crippen LogP) is 5.34. The van der Waals surface area contributed by atoms with Gasteiger partial charge >= 0.3 is 6.18 Å². The fourth-order valence-corrected chi connectivity index (χ4v) is 2.99. The number of nitrogens with zero attached hydrogens (tertiary/aromatic N) is 3. The molecule has 0 saturated heterocycles. The van der Waals surface area contributed by atoms with E-state index in [-0.39, 0.29) is 0 Å². The molecule has 2 aromatic heterocycles. The van der Waals surface area contributed by atoms with Crippen LogP contribution in [-0.2, 0) is 6.18 Å². The van der Waals surface area contributed by atoms with E-state index in [9.17, 15) is 13.2 Å². The highest BCUT2D eigenvalue weighted by atomic mass is 19.4. The summed E-state index contributed by atoms with van der Waals surface area (Å²) in [4.78, 5) is 13.1. The van der Waals surface area contributed by atoms with Crippen molar-refractivity contribution < 1.29 is 13.2 Å². The molecule has 146 valence electrons. The number of alkyl halides is 3. The van der Waals surface area contributed by atoms with Gasteiger partial charge in [0, 0.05) is 22.8 Å². The molecule has 0 aliphatic heterocycles. The third-order valence-electron chi connectivity index (χ3n) is 4.41. The summed E-state index contributed by atoms with van der Waals surface area (Å²) < 4.78 is 38.2. The second kappa shape index (κ2) is 7.05. The number of aryl methyl sites for hydroxylation is 1. The van der Waals surface area contributed by atoms with Crippen LogP contribution in [-0.4, -0.2) is 15.0 Å². The first kappa shape index (κ1) is 18.7. The number of benzene rings is 2. The molecule has 4 aromatic rings. The molecule has 29 heavy (non-hydrogen) atoms. The SMILES string of the molecule is Cc1nc(Nc2ccc(C(F)(F)F)cc2)c(N)c(-c2ccc3cccnc3c2)n1. The lowest BCUT2D eigenvalue weighted by Gasteiger charge is -2.14. The topological polar surface area (TPSA) is 76.7 Å². The number of aromatic nitrogens is 3. The fraction of sp³-hybridized carbons (Fsp3) is 0.0952. The summed E-state index contributed by atoms with van der Waals surface area (Å²) in [5.74, 6) is 0.804. The van der Waals surface area contributed by atoms with Crippen LogP contribution in [0.3, 0.4) is 0 Å². The summed E-state index contributed by atoms with van der Waals surface area (Å²) in [6.07, 6.45) is -2.68. The number of nitrogen functional groups attached to an aromatic ring is 1. The summed E-state index contributed by atoms with van der Waals surface area (Å²) in [7, 11) is 0. The first-order chi connectivity index (χ1) is 13.8. The van der Waals surface area contributed by atoms with Crippen LogP contribution >= 0.6 is 0 Å². The number of nitrogens with one attached hydrogen (secondary N) is 1. The molecule has 0 aliphatic carbocycles. The highest BCUT2D eigenvalue weighted by Crippen LogP contribution is 2.33. The molecular weight excluding hydrogens is 379 g/mol. The maximum absolute atomic E-state index is 12.7. The molecule has 2 aromatic carbocycles. The summed E-state index contributed by atoms with van der Waals surface area (Å²) in [6.45, 7) is 1.72. The molecule has 4 rings (SSSR count). The van der Waals surface area contributed by atoms with Crippen LogP contribution in [0.1, 0.15) is 11.4 Å². The first-order valence-electron chi connectivity index (χ1n) is 8.75. The normalized spacial score (nSPS) is 11.6. The zero-order valence-corrected chi connectivity index (χ0v) is 15.3. The van der Waals surface area contributed by atoms with Gasteiger partial charge in [-0.25, -0.2) is 9.97 Å². The van der Waals surface area contributed by atoms with Gasteiger partial charge in [0.2, 0.25) is 0 Å². The van der Waals surface area contributed by atoms with Gasteiger partial charge in [-0.3, -0.25) is 4.98 Å². The molecule has 0 spiro atoms. The number of rotatable bonds is 3. The Morgan fingerprint density at radius 1 is 0.966 bits per heavy atom. The van der Waals surface area contributed by atoms with Crippen LogP contribution in [0.2, 0.25) is 0 Å². The van der Waals surface area contributed by atoms with Crippen LogP contribution in [0.5, 0.6) is 0 Å². The van der Waals surface area contributed by atoms with Crippen molar-refractivity contribution in [1.29, 1.82) is 0 Å². The molecule has 0 atom stereocenters. The van der Waals surface area contributed by atoms with Gasteiger partial charge in [0.05, 0.1) is 16.8 Å². The number of nitrogens with two attached hydrogens (primary N) is 1. The predicted molar refractivity (Wildman–Crippen MR) is 107 cm³/mol. The van der Waals surface area contributed by atoms with Gasteiger partial charge in [-0.05, 0) is 43.3 Å². The van der Waals surface area contributed by atoms with Crippen molar-refractivity contribution >= 4 is 28.1 Å². The van der Waals surface area contributed by atoms with Gasteiger partial charge in [0.1, 0.15) is 11.5 Å². The van der Waals surface area contributed by atoms with Gasteiger partial charge in [-0.2, -0.15) is 13.2 Å². The van der Waals surface area contributed by atoms with E-state index in [0.717, 1.165) is 28.6 Å². The smallest absolute Gasteiger partial charge is 0.394 e. The molecule has 0 radical (unpaired) electrons. The van der Waals surface area contributed by atoms with E-state index in [4.69, 9.17) is 5.73 Å². The third-order valence-corrected chi connectivity index (χ3v) is 4.41. The molecule has 0 fully saturated rings. The highest BCUT2D eigenvalue weighted by Gasteiger charge is 2.30. The first-order valence-corrected chi connectivity index (χ1v) is 8.75. The standard InChI is InChI=1S/C21H16F3N5/c1-12-27-19(14-5-4-13-3-2-10-26-17(13)11-14)18(25)20(28-12)29-16-8-6-15(7-9-16)21(22,23)24/h2-11H,25H2,1H3,(H,27,28,29). The van der Waals surface area contributed by atoms with E-state index in [1.807, 2.05) is 30.3 Å². The minimum absolute atomic E-state index is 0.297. The third kappa shape index (κ3) is 3.82. The van der Waals surface area contributed by atoms with Gasteiger partial charge in [0.25, 0.3) is 0 Å². The Hall–Kier alpha value is -3.68. The average Bonchev–Trinajstić information content (AvgIpc) is 2.70. The lowest BCUT2D eigenvalue weighted by Crippen LogP contribution is -2.07. The van der Waals surface area contributed by atoms with Crippen molar-refractivity contribution in [2.75, 3.05) is 11.1 Å². The molecule has 2 heterocycles. The Kier molecular flexibility index (Phi) is 4.54. The monoisotopic (exact) mass is 395 g/mol. The van der Waals surface area contributed by atoms with Crippen molar-refractivity contribution in [1.82, 2.24) is 15.0 Å². The molecular formula is C21H16F3N5. The van der Waals surface area contributed by atoms with Crippen molar-refractivity contribution in [2.45, 2.75) is 13.1 Å². The Bertz CT molecular complexity index is 1190. The van der Waals surface area contributed by atoms with Gasteiger partial charge in [-0.1, -0.05) is 18.2 Å². The van der Waals surface area contributed by atoms with Crippen molar-refractivity contribution in [3.63, 3.8) is 0 Å². The zero-order valence-electron chi connectivity index (χ0n) is 15.3. The maximum Gasteiger partial charge on any atom is 0.416 e. The van der Waals surface area contributed by atoms with Gasteiger partial charge in [-0.15, -0.1) is 0 Å². The van der Waals surface area contributed by atoms with E-state index in [1.165, 1.54) is 12.1 Å². The Morgan fingerprint density at radius 2 is 1.72 bits per heavy atom. The van der Waals surface area contributed by atoms with Crippen molar-refractivity contribution in [3.05, 3.63) is 72.2 Å². The largest absolute Gasteiger partial charge is 0.416 e. The molecule has 3 N–H and O–H groups in total. The number of fused-ring (bicyclic) bond motifs is 1. The number of hydrogen-bond acceptors (Lipinski definition) is 5. The second-order valence-corrected chi connectivity index (χ2v) is 6.49. The van der Waals surface area contributed by atoms with Crippen molar-refractivity contribution in [2.24, 2.45) is 0 Å². The van der Waals surface area contributed by atoms with E-state index < -0.39 is 11.7 Å². The van der Waals surface area contributed by atoms with Gasteiger partial charge < -0.3 is 11.1 Å². The van der Waals surface area contributed by atoms with E-state index in [0.29, 0.717) is 28.7 Å². The van der Waals surface area contributed by atoms with Crippen molar-refractivity contribution in [3.8, 4) is 11.3 Å². The summed E-state index contributed by atoms with van der Waals surface area (Å²) in [5, 5.41) is 3.97. The fourth-order valence-electron chi connectivity index (χ4n) is 2.99. The molecule has 5 nitrogen and oxygen atoms in total. The van der Waals surface area contributed by atoms with Crippen LogP contribution < -0.4 is 11.1 Å². The number of hydrogen-bond donors (Lipinski definition) is 2. The summed E-state index contributed by atoms with van der Waals surface area (Å²) in [5.41, 5.74) is 8.40. The van der Waals surface area contributed by atoms with Gasteiger partial charge in [0.15, 0.2) is 5.82 Å². The number of halogens is 3. The Morgan fingerprint density at radius 3 is 2.45 bits per heavy atom. The minimum Gasteiger partial charge on any atom is -0.394 e. The number of pyridine rings is 1. The summed E-state index contributed by atoms with van der Waals surface area (Å²) >= 11 is 0. The van der Waals surface area contributed by atoms with E-state index in [2.05, 4.69) is 20.3 Å². The van der Waals surface area contributed by atoms with Crippen LogP contribution in [0.25, 0.3) is 22.2 Å². The quantitative estimate of drug-likeness (QED) is 0.489. The molecule has 0 saturated carbocycles. The van der Waals surface area contributed by atoms with Crippen LogP contribution in [0.4, 0.5) is 30.4 Å². The van der Waals surface area contributed by atoms with E-state index >= 15 is 0 Å². The Labute approximate surface area is 164 Å². The number of anilines is 3. The molecule has 0 bridgehead atoms. The van der Waals surface area contributed by atoms with Crippen LogP contribution in [0, 0.1) is 6.92 Å². The lowest BCUT2D eigenvalue weighted by molar-refractivity contribution is -0.137. The molecule has 0 aliphatic rings. The maximum atomic E-state index is 12.7. The molecule has 0 unspecified atom stereocenters. The lowest BCUT2D eigenvalue weighted by atomic mass is 10.1. The Balaban J connectivity index is 1.71. The zero-order chi connectivity index (χ0) is 20.6.